The van der Waals surface area contributed by atoms with E-state index in [1.54, 1.807) is 36.4 Å². The minimum atomic E-state index is -3.65. The van der Waals surface area contributed by atoms with Crippen LogP contribution in [0.1, 0.15) is 16.7 Å². The molecule has 0 bridgehead atoms. The van der Waals surface area contributed by atoms with Crippen LogP contribution in [-0.2, 0) is 11.5 Å². The predicted octanol–water partition coefficient (Wildman–Crippen LogP) is 6.40. The van der Waals surface area contributed by atoms with Gasteiger partial charge in [0.2, 0.25) is 0 Å². The van der Waals surface area contributed by atoms with Crippen molar-refractivity contribution in [2.24, 2.45) is 0 Å². The second kappa shape index (κ2) is 9.04. The number of halogens is 2. The van der Waals surface area contributed by atoms with Gasteiger partial charge >= 0.3 is 5.92 Å². The summed E-state index contributed by atoms with van der Waals surface area (Å²) in [5.41, 5.74) is -1.09. The number of rotatable bonds is 7. The van der Waals surface area contributed by atoms with E-state index in [0.29, 0.717) is 11.5 Å². The molecule has 33 heavy (non-hydrogen) atoms. The Balaban J connectivity index is 1.82. The fourth-order valence-electron chi connectivity index (χ4n) is 3.91. The zero-order valence-corrected chi connectivity index (χ0v) is 18.3. The number of hydrogen-bond donors (Lipinski definition) is 1. The van der Waals surface area contributed by atoms with E-state index in [4.69, 9.17) is 9.47 Å². The van der Waals surface area contributed by atoms with E-state index in [1.807, 2.05) is 30.3 Å². The largest absolute Gasteiger partial charge is 0.497 e. The Kier molecular flexibility index (Phi) is 6.16. The average molecular weight is 446 g/mol. The van der Waals surface area contributed by atoms with Crippen molar-refractivity contribution in [3.8, 4) is 22.6 Å². The predicted molar refractivity (Wildman–Crippen MR) is 125 cm³/mol. The average Bonchev–Trinajstić information content (AvgIpc) is 2.88. The lowest BCUT2D eigenvalue weighted by Crippen LogP contribution is -2.44. The van der Waals surface area contributed by atoms with Gasteiger partial charge in [0.15, 0.2) is 5.60 Å². The Hall–Kier alpha value is -3.70. The van der Waals surface area contributed by atoms with Crippen LogP contribution >= 0.6 is 0 Å². The van der Waals surface area contributed by atoms with Gasteiger partial charge in [0.05, 0.1) is 14.2 Å². The molecule has 0 radical (unpaired) electrons. The first-order valence-corrected chi connectivity index (χ1v) is 10.5. The molecule has 3 nitrogen and oxygen atoms in total. The second-order valence-corrected chi connectivity index (χ2v) is 7.69. The maximum atomic E-state index is 16.2. The molecule has 0 aliphatic carbocycles. The summed E-state index contributed by atoms with van der Waals surface area (Å²) in [5.74, 6) is -2.64. The van der Waals surface area contributed by atoms with Crippen molar-refractivity contribution >= 4 is 0 Å². The molecule has 0 fully saturated rings. The quantitative estimate of drug-likeness (QED) is 0.357. The molecule has 4 aromatic rings. The SMILES string of the molecule is COc1ccc(C(O)(c2ccc(OC)cc2)C(F)(F)c2ccc(-c3ccccc3)cc2)cc1. The van der Waals surface area contributed by atoms with Crippen LogP contribution in [0.15, 0.2) is 103 Å². The zero-order chi connectivity index (χ0) is 23.5. The van der Waals surface area contributed by atoms with Gasteiger partial charge in [-0.25, -0.2) is 0 Å². The minimum absolute atomic E-state index is 0.0469. The van der Waals surface area contributed by atoms with Crippen LogP contribution in [0, 0.1) is 0 Å². The van der Waals surface area contributed by atoms with Crippen molar-refractivity contribution < 1.29 is 23.4 Å². The molecular formula is C28H24F2O3. The number of benzene rings is 4. The number of hydrogen-bond acceptors (Lipinski definition) is 3. The lowest BCUT2D eigenvalue weighted by atomic mass is 9.78. The van der Waals surface area contributed by atoms with Crippen LogP contribution in [0.25, 0.3) is 11.1 Å². The Morgan fingerprint density at radius 1 is 0.545 bits per heavy atom. The molecule has 0 aliphatic rings. The van der Waals surface area contributed by atoms with Gasteiger partial charge in [-0.3, -0.25) is 0 Å². The van der Waals surface area contributed by atoms with Crippen molar-refractivity contribution in [2.75, 3.05) is 14.2 Å². The van der Waals surface area contributed by atoms with Crippen LogP contribution in [0.2, 0.25) is 0 Å². The van der Waals surface area contributed by atoms with E-state index in [1.165, 1.54) is 50.6 Å². The van der Waals surface area contributed by atoms with Crippen LogP contribution in [0.5, 0.6) is 11.5 Å². The fraction of sp³-hybridized carbons (Fsp3) is 0.143. The molecule has 0 heterocycles. The molecule has 1 N–H and O–H groups in total. The number of ether oxygens (including phenoxy) is 2. The van der Waals surface area contributed by atoms with E-state index in [2.05, 4.69) is 0 Å². The lowest BCUT2D eigenvalue weighted by molar-refractivity contribution is -0.171. The summed E-state index contributed by atoms with van der Waals surface area (Å²) in [6, 6.07) is 27.5. The van der Waals surface area contributed by atoms with Crippen molar-refractivity contribution in [2.45, 2.75) is 11.5 Å². The van der Waals surface area contributed by atoms with Crippen molar-refractivity contribution in [3.63, 3.8) is 0 Å². The third-order valence-corrected chi connectivity index (χ3v) is 5.82. The molecular weight excluding hydrogens is 422 g/mol. The highest BCUT2D eigenvalue weighted by molar-refractivity contribution is 5.63. The minimum Gasteiger partial charge on any atom is -0.497 e. The Labute approximate surface area is 191 Å². The van der Waals surface area contributed by atoms with Gasteiger partial charge in [-0.05, 0) is 46.5 Å². The first-order valence-electron chi connectivity index (χ1n) is 10.5. The highest BCUT2D eigenvalue weighted by Gasteiger charge is 2.56. The third-order valence-electron chi connectivity index (χ3n) is 5.82. The van der Waals surface area contributed by atoms with Gasteiger partial charge in [-0.1, -0.05) is 78.9 Å². The molecule has 0 saturated heterocycles. The highest BCUT2D eigenvalue weighted by atomic mass is 19.3. The summed E-state index contributed by atoms with van der Waals surface area (Å²) in [7, 11) is 2.99. The monoisotopic (exact) mass is 446 g/mol. The van der Waals surface area contributed by atoms with Gasteiger partial charge < -0.3 is 14.6 Å². The van der Waals surface area contributed by atoms with Crippen molar-refractivity contribution in [1.82, 2.24) is 0 Å². The van der Waals surface area contributed by atoms with Crippen LogP contribution in [0.4, 0.5) is 8.78 Å². The molecule has 5 heteroatoms. The molecule has 0 aliphatic heterocycles. The Morgan fingerprint density at radius 2 is 0.939 bits per heavy atom. The maximum absolute atomic E-state index is 16.2. The van der Waals surface area contributed by atoms with Gasteiger partial charge in [0.1, 0.15) is 11.5 Å². The molecule has 0 amide bonds. The van der Waals surface area contributed by atoms with Crippen LogP contribution in [0.3, 0.4) is 0 Å². The summed E-state index contributed by atoms with van der Waals surface area (Å²) in [5, 5.41) is 11.7. The maximum Gasteiger partial charge on any atom is 0.309 e. The van der Waals surface area contributed by atoms with Crippen molar-refractivity contribution in [1.29, 1.82) is 0 Å². The standard InChI is InChI=1S/C28H24F2O3/c1-32-25-16-12-22(13-17-25)27(31,23-14-18-26(33-2)19-15-23)28(29,30)24-10-8-21(9-11-24)20-6-4-3-5-7-20/h3-19,31H,1-2H3. The Bertz CT molecular complexity index is 1140. The van der Waals surface area contributed by atoms with E-state index in [9.17, 15) is 5.11 Å². The summed E-state index contributed by atoms with van der Waals surface area (Å²) >= 11 is 0. The van der Waals surface area contributed by atoms with Gasteiger partial charge in [-0.15, -0.1) is 0 Å². The summed E-state index contributed by atoms with van der Waals surface area (Å²) in [4.78, 5) is 0. The first-order chi connectivity index (χ1) is 15.9. The number of aliphatic hydroxyl groups is 1. The number of alkyl halides is 2. The zero-order valence-electron chi connectivity index (χ0n) is 18.3. The second-order valence-electron chi connectivity index (χ2n) is 7.69. The summed E-state index contributed by atoms with van der Waals surface area (Å²) in [6.45, 7) is 0. The normalized spacial score (nSPS) is 11.8. The highest BCUT2D eigenvalue weighted by Crippen LogP contribution is 2.50. The molecule has 0 saturated carbocycles. The van der Waals surface area contributed by atoms with E-state index in [-0.39, 0.29) is 16.7 Å². The molecule has 0 aromatic heterocycles. The third kappa shape index (κ3) is 4.08. The van der Waals surface area contributed by atoms with Crippen LogP contribution < -0.4 is 9.47 Å². The summed E-state index contributed by atoms with van der Waals surface area (Å²) in [6.07, 6.45) is 0. The molecule has 4 rings (SSSR count). The van der Waals surface area contributed by atoms with Crippen molar-refractivity contribution in [3.05, 3.63) is 120 Å². The lowest BCUT2D eigenvalue weighted by Gasteiger charge is -2.37. The molecule has 4 aromatic carbocycles. The topological polar surface area (TPSA) is 38.7 Å². The number of methoxy groups -OCH3 is 2. The van der Waals surface area contributed by atoms with Gasteiger partial charge in [0.25, 0.3) is 0 Å². The van der Waals surface area contributed by atoms with Crippen LogP contribution in [-0.4, -0.2) is 19.3 Å². The van der Waals surface area contributed by atoms with E-state index in [0.717, 1.165) is 11.1 Å². The first kappa shape index (κ1) is 22.5. The van der Waals surface area contributed by atoms with Gasteiger partial charge in [-0.2, -0.15) is 8.78 Å². The summed E-state index contributed by atoms with van der Waals surface area (Å²) < 4.78 is 42.6. The Morgan fingerprint density at radius 3 is 1.36 bits per heavy atom. The molecule has 0 spiro atoms. The van der Waals surface area contributed by atoms with E-state index >= 15 is 8.78 Å². The molecule has 168 valence electrons. The fourth-order valence-corrected chi connectivity index (χ4v) is 3.91. The van der Waals surface area contributed by atoms with E-state index < -0.39 is 11.5 Å². The smallest absolute Gasteiger partial charge is 0.309 e. The molecule has 0 atom stereocenters. The molecule has 0 unspecified atom stereocenters. The van der Waals surface area contributed by atoms with Gasteiger partial charge in [0, 0.05) is 5.56 Å².